The fourth-order valence-corrected chi connectivity index (χ4v) is 2.68. The van der Waals surface area contributed by atoms with E-state index in [9.17, 15) is 9.18 Å². The number of carbonyl (C=O) groups is 1. The van der Waals surface area contributed by atoms with Gasteiger partial charge in [-0.15, -0.1) is 5.10 Å². The molecule has 8 heteroatoms. The molecule has 0 bridgehead atoms. The van der Waals surface area contributed by atoms with Crippen LogP contribution in [0.5, 0.6) is 5.75 Å². The second kappa shape index (κ2) is 7.80. The standard InChI is InChI=1S/C17H15FN4O2S/c1-24-14-7-5-11(6-8-14)16-20-17(22-21-16)25-10-15(23)19-13-4-2-3-12(18)9-13/h2-9H,10H2,1H3,(H,19,23)(H,20,21,22). The van der Waals surface area contributed by atoms with Gasteiger partial charge >= 0.3 is 0 Å². The number of aromatic nitrogens is 3. The van der Waals surface area contributed by atoms with Gasteiger partial charge in [-0.05, 0) is 42.5 Å². The lowest BCUT2D eigenvalue weighted by Gasteiger charge is -2.03. The van der Waals surface area contributed by atoms with Crippen molar-refractivity contribution in [3.8, 4) is 17.1 Å². The smallest absolute Gasteiger partial charge is 0.234 e. The zero-order valence-corrected chi connectivity index (χ0v) is 14.1. The van der Waals surface area contributed by atoms with Crippen molar-refractivity contribution in [1.82, 2.24) is 15.2 Å². The van der Waals surface area contributed by atoms with Gasteiger partial charge in [-0.2, -0.15) is 0 Å². The molecule has 3 aromatic rings. The molecular weight excluding hydrogens is 343 g/mol. The van der Waals surface area contributed by atoms with E-state index < -0.39 is 5.82 Å². The van der Waals surface area contributed by atoms with E-state index in [1.807, 2.05) is 24.3 Å². The summed E-state index contributed by atoms with van der Waals surface area (Å²) in [7, 11) is 1.60. The highest BCUT2D eigenvalue weighted by Gasteiger charge is 2.09. The van der Waals surface area contributed by atoms with Gasteiger partial charge in [0.05, 0.1) is 12.9 Å². The first-order valence-electron chi connectivity index (χ1n) is 7.39. The fraction of sp³-hybridized carbons (Fsp3) is 0.118. The number of hydrogen-bond donors (Lipinski definition) is 2. The number of nitrogens with zero attached hydrogens (tertiary/aromatic N) is 2. The molecule has 1 amide bonds. The van der Waals surface area contributed by atoms with Crippen LogP contribution in [0.3, 0.4) is 0 Å². The average molecular weight is 358 g/mol. The molecule has 25 heavy (non-hydrogen) atoms. The lowest BCUT2D eigenvalue weighted by atomic mass is 10.2. The summed E-state index contributed by atoms with van der Waals surface area (Å²) in [5.41, 5.74) is 1.28. The monoisotopic (exact) mass is 358 g/mol. The molecule has 0 aliphatic rings. The summed E-state index contributed by atoms with van der Waals surface area (Å²) in [5.74, 6) is 0.827. The van der Waals surface area contributed by atoms with Crippen molar-refractivity contribution in [3.63, 3.8) is 0 Å². The van der Waals surface area contributed by atoms with E-state index >= 15 is 0 Å². The second-order valence-corrected chi connectivity index (χ2v) is 5.98. The van der Waals surface area contributed by atoms with Crippen LogP contribution in [0.2, 0.25) is 0 Å². The third-order valence-corrected chi connectivity index (χ3v) is 4.12. The number of halogens is 1. The fourth-order valence-electron chi connectivity index (χ4n) is 2.08. The first kappa shape index (κ1) is 17.0. The molecule has 0 unspecified atom stereocenters. The molecule has 128 valence electrons. The summed E-state index contributed by atoms with van der Waals surface area (Å²) >= 11 is 1.19. The number of hydrogen-bond acceptors (Lipinski definition) is 5. The number of rotatable bonds is 6. The summed E-state index contributed by atoms with van der Waals surface area (Å²) in [5, 5.41) is 10.0. The van der Waals surface area contributed by atoms with Crippen LogP contribution in [-0.2, 0) is 4.79 Å². The Morgan fingerprint density at radius 1 is 1.28 bits per heavy atom. The van der Waals surface area contributed by atoms with Crippen LogP contribution in [0, 0.1) is 5.82 Å². The van der Waals surface area contributed by atoms with Crippen LogP contribution in [0.1, 0.15) is 0 Å². The Balaban J connectivity index is 1.56. The van der Waals surface area contributed by atoms with E-state index in [0.717, 1.165) is 11.3 Å². The lowest BCUT2D eigenvalue weighted by Crippen LogP contribution is -2.14. The number of methoxy groups -OCH3 is 1. The minimum Gasteiger partial charge on any atom is -0.497 e. The molecule has 0 spiro atoms. The van der Waals surface area contributed by atoms with E-state index in [2.05, 4.69) is 20.5 Å². The maximum Gasteiger partial charge on any atom is 0.234 e. The van der Waals surface area contributed by atoms with Gasteiger partial charge in [0.1, 0.15) is 11.6 Å². The second-order valence-electron chi connectivity index (χ2n) is 5.04. The number of H-pyrrole nitrogens is 1. The maximum absolute atomic E-state index is 13.1. The highest BCUT2D eigenvalue weighted by molar-refractivity contribution is 7.99. The molecule has 0 saturated heterocycles. The summed E-state index contributed by atoms with van der Waals surface area (Å²) < 4.78 is 18.2. The summed E-state index contributed by atoms with van der Waals surface area (Å²) in [6, 6.07) is 13.1. The third kappa shape index (κ3) is 4.57. The highest BCUT2D eigenvalue weighted by atomic mass is 32.2. The minimum atomic E-state index is -0.399. The predicted octanol–water partition coefficient (Wildman–Crippen LogP) is 3.35. The number of anilines is 1. The Morgan fingerprint density at radius 3 is 2.80 bits per heavy atom. The minimum absolute atomic E-state index is 0.121. The van der Waals surface area contributed by atoms with E-state index in [4.69, 9.17) is 4.74 Å². The van der Waals surface area contributed by atoms with Crippen molar-refractivity contribution in [2.75, 3.05) is 18.2 Å². The Bertz CT molecular complexity index is 867. The van der Waals surface area contributed by atoms with E-state index in [1.165, 1.54) is 30.0 Å². The molecule has 0 fully saturated rings. The predicted molar refractivity (Wildman–Crippen MR) is 94.1 cm³/mol. The third-order valence-electron chi connectivity index (χ3n) is 3.27. The topological polar surface area (TPSA) is 79.9 Å². The van der Waals surface area contributed by atoms with Crippen molar-refractivity contribution in [1.29, 1.82) is 0 Å². The van der Waals surface area contributed by atoms with Crippen molar-refractivity contribution >= 4 is 23.4 Å². The zero-order valence-electron chi connectivity index (χ0n) is 13.3. The van der Waals surface area contributed by atoms with Crippen molar-refractivity contribution in [3.05, 3.63) is 54.3 Å². The van der Waals surface area contributed by atoms with Gasteiger partial charge < -0.3 is 10.1 Å². The highest BCUT2D eigenvalue weighted by Crippen LogP contribution is 2.21. The quantitative estimate of drug-likeness (QED) is 0.661. The van der Waals surface area contributed by atoms with Gasteiger partial charge in [0.25, 0.3) is 0 Å². The van der Waals surface area contributed by atoms with E-state index in [1.54, 1.807) is 13.2 Å². The van der Waals surface area contributed by atoms with Crippen molar-refractivity contribution < 1.29 is 13.9 Å². The van der Waals surface area contributed by atoms with E-state index in [-0.39, 0.29) is 11.7 Å². The summed E-state index contributed by atoms with van der Waals surface area (Å²) in [4.78, 5) is 16.3. The first-order valence-corrected chi connectivity index (χ1v) is 8.37. The van der Waals surface area contributed by atoms with Gasteiger partial charge in [-0.3, -0.25) is 9.89 Å². The molecule has 6 nitrogen and oxygen atoms in total. The van der Waals surface area contributed by atoms with Crippen molar-refractivity contribution in [2.24, 2.45) is 0 Å². The lowest BCUT2D eigenvalue weighted by molar-refractivity contribution is -0.113. The number of carbonyl (C=O) groups excluding carboxylic acids is 1. The average Bonchev–Trinajstić information content (AvgIpc) is 3.09. The number of benzene rings is 2. The molecule has 0 aliphatic heterocycles. The van der Waals surface area contributed by atoms with E-state index in [0.29, 0.717) is 16.7 Å². The number of aromatic amines is 1. The molecule has 0 aliphatic carbocycles. The van der Waals surface area contributed by atoms with Gasteiger partial charge in [-0.25, -0.2) is 9.37 Å². The van der Waals surface area contributed by atoms with Crippen molar-refractivity contribution in [2.45, 2.75) is 5.16 Å². The van der Waals surface area contributed by atoms with Crippen LogP contribution < -0.4 is 10.1 Å². The van der Waals surface area contributed by atoms with Crippen LogP contribution >= 0.6 is 11.8 Å². The van der Waals surface area contributed by atoms with Crippen LogP contribution in [0.15, 0.2) is 53.7 Å². The van der Waals surface area contributed by atoms with Gasteiger partial charge in [0.2, 0.25) is 11.1 Å². The van der Waals surface area contributed by atoms with Crippen LogP contribution in [-0.4, -0.2) is 34.0 Å². The number of thioether (sulfide) groups is 1. The molecule has 1 aromatic heterocycles. The Kier molecular flexibility index (Phi) is 5.30. The van der Waals surface area contributed by atoms with Crippen LogP contribution in [0.25, 0.3) is 11.4 Å². The van der Waals surface area contributed by atoms with Crippen LogP contribution in [0.4, 0.5) is 10.1 Å². The largest absolute Gasteiger partial charge is 0.497 e. The van der Waals surface area contributed by atoms with Gasteiger partial charge in [0, 0.05) is 11.3 Å². The molecule has 0 radical (unpaired) electrons. The maximum atomic E-state index is 13.1. The Labute approximate surface area is 147 Å². The van der Waals surface area contributed by atoms with Gasteiger partial charge in [0.15, 0.2) is 5.82 Å². The zero-order chi connectivity index (χ0) is 17.6. The van der Waals surface area contributed by atoms with Gasteiger partial charge in [-0.1, -0.05) is 17.8 Å². The number of nitrogens with one attached hydrogen (secondary N) is 2. The molecule has 2 N–H and O–H groups in total. The SMILES string of the molecule is COc1ccc(-c2nc(SCC(=O)Nc3cccc(F)c3)n[nH]2)cc1. The Hall–Kier alpha value is -2.87. The number of amides is 1. The molecule has 3 rings (SSSR count). The summed E-state index contributed by atoms with van der Waals surface area (Å²) in [6.45, 7) is 0. The molecule has 0 saturated carbocycles. The molecule has 2 aromatic carbocycles. The first-order chi connectivity index (χ1) is 12.1. The molecule has 1 heterocycles. The summed E-state index contributed by atoms with van der Waals surface area (Å²) in [6.07, 6.45) is 0. The number of ether oxygens (including phenoxy) is 1. The molecule has 0 atom stereocenters. The normalized spacial score (nSPS) is 10.5. The molecular formula is C17H15FN4O2S. The Morgan fingerprint density at radius 2 is 2.08 bits per heavy atom.